The number of amides is 1. The number of nitrogens with zero attached hydrogens (tertiary/aromatic N) is 3. The van der Waals surface area contributed by atoms with Crippen LogP contribution in [0.15, 0.2) is 12.4 Å². The lowest BCUT2D eigenvalue weighted by atomic mass is 9.95. The standard InChI is InChI=1S/C14H22N4O2/c1-2-16-13-9-15-8-12(17-13)14(20)18-6-3-4-11(10-18)5-7-19/h8-9,11,19H,2-7,10H2,1H3,(H,16,17). The van der Waals surface area contributed by atoms with Crippen LogP contribution < -0.4 is 5.32 Å². The summed E-state index contributed by atoms with van der Waals surface area (Å²) < 4.78 is 0. The Morgan fingerprint density at radius 3 is 3.15 bits per heavy atom. The summed E-state index contributed by atoms with van der Waals surface area (Å²) in [4.78, 5) is 22.6. The van der Waals surface area contributed by atoms with Gasteiger partial charge in [0.05, 0.1) is 12.4 Å². The van der Waals surface area contributed by atoms with Crippen LogP contribution in [0.4, 0.5) is 5.82 Å². The van der Waals surface area contributed by atoms with E-state index in [0.29, 0.717) is 24.0 Å². The number of likely N-dealkylation sites (tertiary alicyclic amines) is 1. The van der Waals surface area contributed by atoms with Gasteiger partial charge in [-0.1, -0.05) is 0 Å². The van der Waals surface area contributed by atoms with Crippen molar-refractivity contribution in [3.05, 3.63) is 18.1 Å². The average molecular weight is 278 g/mol. The Morgan fingerprint density at radius 2 is 2.40 bits per heavy atom. The summed E-state index contributed by atoms with van der Waals surface area (Å²) in [6.07, 6.45) is 5.95. The molecular formula is C14H22N4O2. The maximum Gasteiger partial charge on any atom is 0.274 e. The number of aromatic nitrogens is 2. The molecule has 0 saturated carbocycles. The molecule has 1 aliphatic rings. The van der Waals surface area contributed by atoms with Crippen molar-refractivity contribution in [2.45, 2.75) is 26.2 Å². The van der Waals surface area contributed by atoms with E-state index in [-0.39, 0.29) is 12.5 Å². The van der Waals surface area contributed by atoms with Gasteiger partial charge >= 0.3 is 0 Å². The van der Waals surface area contributed by atoms with Gasteiger partial charge in [0, 0.05) is 26.2 Å². The number of aliphatic hydroxyl groups excluding tert-OH is 1. The Bertz CT molecular complexity index is 451. The first-order valence-electron chi connectivity index (χ1n) is 7.20. The largest absolute Gasteiger partial charge is 0.396 e. The maximum absolute atomic E-state index is 12.4. The van der Waals surface area contributed by atoms with Crippen LogP contribution in [0.1, 0.15) is 36.7 Å². The Hall–Kier alpha value is -1.69. The molecule has 1 saturated heterocycles. The lowest BCUT2D eigenvalue weighted by molar-refractivity contribution is 0.0647. The van der Waals surface area contributed by atoms with Gasteiger partial charge in [0.2, 0.25) is 0 Å². The molecule has 0 radical (unpaired) electrons. The van der Waals surface area contributed by atoms with E-state index in [9.17, 15) is 4.79 Å². The number of anilines is 1. The molecule has 1 amide bonds. The second kappa shape index (κ2) is 7.19. The highest BCUT2D eigenvalue weighted by molar-refractivity contribution is 5.92. The van der Waals surface area contributed by atoms with Crippen molar-refractivity contribution >= 4 is 11.7 Å². The van der Waals surface area contributed by atoms with Crippen LogP contribution in [-0.4, -0.2) is 52.1 Å². The monoisotopic (exact) mass is 278 g/mol. The van der Waals surface area contributed by atoms with Gasteiger partial charge < -0.3 is 15.3 Å². The first-order chi connectivity index (χ1) is 9.74. The molecule has 20 heavy (non-hydrogen) atoms. The third-order valence-corrected chi connectivity index (χ3v) is 3.56. The van der Waals surface area contributed by atoms with E-state index < -0.39 is 0 Å². The Kier molecular flexibility index (Phi) is 5.29. The van der Waals surface area contributed by atoms with Crippen molar-refractivity contribution in [3.63, 3.8) is 0 Å². The minimum atomic E-state index is -0.0695. The number of hydrogen-bond acceptors (Lipinski definition) is 5. The van der Waals surface area contributed by atoms with E-state index in [1.165, 1.54) is 6.20 Å². The van der Waals surface area contributed by atoms with E-state index >= 15 is 0 Å². The summed E-state index contributed by atoms with van der Waals surface area (Å²) in [6.45, 7) is 4.36. The smallest absolute Gasteiger partial charge is 0.274 e. The highest BCUT2D eigenvalue weighted by Gasteiger charge is 2.25. The lowest BCUT2D eigenvalue weighted by Gasteiger charge is -2.32. The number of hydrogen-bond donors (Lipinski definition) is 2. The molecule has 1 aliphatic heterocycles. The Balaban J connectivity index is 2.04. The predicted molar refractivity (Wildman–Crippen MR) is 76.5 cm³/mol. The van der Waals surface area contributed by atoms with Crippen LogP contribution in [0.25, 0.3) is 0 Å². The summed E-state index contributed by atoms with van der Waals surface area (Å²) in [7, 11) is 0. The van der Waals surface area contributed by atoms with Gasteiger partial charge in [0.15, 0.2) is 0 Å². The molecule has 1 aromatic rings. The minimum absolute atomic E-state index is 0.0695. The molecule has 0 aromatic carbocycles. The molecule has 110 valence electrons. The van der Waals surface area contributed by atoms with Gasteiger partial charge in [0.1, 0.15) is 11.5 Å². The molecule has 2 rings (SSSR count). The van der Waals surface area contributed by atoms with E-state index in [2.05, 4.69) is 15.3 Å². The highest BCUT2D eigenvalue weighted by atomic mass is 16.3. The first-order valence-corrected chi connectivity index (χ1v) is 7.20. The van der Waals surface area contributed by atoms with Crippen LogP contribution in [0.2, 0.25) is 0 Å². The molecule has 1 aromatic heterocycles. The first kappa shape index (κ1) is 14.7. The van der Waals surface area contributed by atoms with Gasteiger partial charge in [-0.05, 0) is 32.1 Å². The second-order valence-electron chi connectivity index (χ2n) is 5.09. The molecule has 6 nitrogen and oxygen atoms in total. The van der Waals surface area contributed by atoms with Crippen molar-refractivity contribution in [1.29, 1.82) is 0 Å². The van der Waals surface area contributed by atoms with Crippen LogP contribution >= 0.6 is 0 Å². The summed E-state index contributed by atoms with van der Waals surface area (Å²) >= 11 is 0. The molecule has 1 atom stereocenters. The van der Waals surface area contributed by atoms with Crippen molar-refractivity contribution in [3.8, 4) is 0 Å². The third-order valence-electron chi connectivity index (χ3n) is 3.56. The van der Waals surface area contributed by atoms with Crippen molar-refractivity contribution in [2.24, 2.45) is 5.92 Å². The summed E-state index contributed by atoms with van der Waals surface area (Å²) in [5.41, 5.74) is 0.382. The fourth-order valence-electron chi connectivity index (χ4n) is 2.57. The number of carbonyl (C=O) groups excluding carboxylic acids is 1. The molecule has 1 fully saturated rings. The number of nitrogens with one attached hydrogen (secondary N) is 1. The van der Waals surface area contributed by atoms with E-state index in [1.807, 2.05) is 11.8 Å². The maximum atomic E-state index is 12.4. The van der Waals surface area contributed by atoms with Gasteiger partial charge in [-0.25, -0.2) is 4.98 Å². The van der Waals surface area contributed by atoms with E-state index in [4.69, 9.17) is 5.11 Å². The van der Waals surface area contributed by atoms with Gasteiger partial charge in [-0.2, -0.15) is 0 Å². The van der Waals surface area contributed by atoms with Crippen molar-refractivity contribution in [1.82, 2.24) is 14.9 Å². The topological polar surface area (TPSA) is 78.4 Å². The molecule has 2 N–H and O–H groups in total. The van der Waals surface area contributed by atoms with Crippen molar-refractivity contribution in [2.75, 3.05) is 31.6 Å². The Labute approximate surface area is 119 Å². The lowest BCUT2D eigenvalue weighted by Crippen LogP contribution is -2.40. The molecule has 6 heteroatoms. The fourth-order valence-corrected chi connectivity index (χ4v) is 2.57. The van der Waals surface area contributed by atoms with Gasteiger partial charge in [-0.3, -0.25) is 9.78 Å². The average Bonchev–Trinajstić information content (AvgIpc) is 2.48. The number of aliphatic hydroxyl groups is 1. The quantitative estimate of drug-likeness (QED) is 0.844. The van der Waals surface area contributed by atoms with Crippen LogP contribution in [-0.2, 0) is 0 Å². The molecule has 0 bridgehead atoms. The predicted octanol–water partition coefficient (Wildman–Crippen LogP) is 1.14. The molecule has 1 unspecified atom stereocenters. The zero-order chi connectivity index (χ0) is 14.4. The normalized spacial score (nSPS) is 18.9. The second-order valence-corrected chi connectivity index (χ2v) is 5.09. The highest BCUT2D eigenvalue weighted by Crippen LogP contribution is 2.20. The SMILES string of the molecule is CCNc1cncc(C(=O)N2CCCC(CCO)C2)n1. The molecule has 2 heterocycles. The fraction of sp³-hybridized carbons (Fsp3) is 0.643. The minimum Gasteiger partial charge on any atom is -0.396 e. The van der Waals surface area contributed by atoms with Crippen LogP contribution in [0.3, 0.4) is 0 Å². The van der Waals surface area contributed by atoms with Crippen molar-refractivity contribution < 1.29 is 9.90 Å². The summed E-state index contributed by atoms with van der Waals surface area (Å²) in [6, 6.07) is 0. The van der Waals surface area contributed by atoms with Crippen LogP contribution in [0, 0.1) is 5.92 Å². The van der Waals surface area contributed by atoms with E-state index in [1.54, 1.807) is 6.20 Å². The zero-order valence-electron chi connectivity index (χ0n) is 11.9. The van der Waals surface area contributed by atoms with E-state index in [0.717, 1.165) is 32.4 Å². The third kappa shape index (κ3) is 3.66. The van der Waals surface area contributed by atoms with Gasteiger partial charge in [-0.15, -0.1) is 0 Å². The van der Waals surface area contributed by atoms with Gasteiger partial charge in [0.25, 0.3) is 5.91 Å². The zero-order valence-corrected chi connectivity index (χ0v) is 11.9. The molecular weight excluding hydrogens is 256 g/mol. The summed E-state index contributed by atoms with van der Waals surface area (Å²) in [5, 5.41) is 12.1. The number of piperidine rings is 1. The Morgan fingerprint density at radius 1 is 1.55 bits per heavy atom. The number of carbonyl (C=O) groups is 1. The number of rotatable bonds is 5. The molecule has 0 aliphatic carbocycles. The van der Waals surface area contributed by atoms with Crippen LogP contribution in [0.5, 0.6) is 0 Å². The summed E-state index contributed by atoms with van der Waals surface area (Å²) in [5.74, 6) is 0.949. The molecule has 0 spiro atoms.